The van der Waals surface area contributed by atoms with E-state index in [-0.39, 0.29) is 18.5 Å². The average Bonchev–Trinajstić information content (AvgIpc) is 3.02. The van der Waals surface area contributed by atoms with Gasteiger partial charge in [0.2, 0.25) is 5.91 Å². The molecule has 104 valence electrons. The highest BCUT2D eigenvalue weighted by Gasteiger charge is 2.27. The molecule has 19 heavy (non-hydrogen) atoms. The summed E-state index contributed by atoms with van der Waals surface area (Å²) in [6, 6.07) is 4.28. The summed E-state index contributed by atoms with van der Waals surface area (Å²) < 4.78 is 0. The molecule has 3 amide bonds. The lowest BCUT2D eigenvalue weighted by Crippen LogP contribution is -2.34. The Hall–Kier alpha value is -1.40. The normalized spacial score (nSPS) is 17.1. The maximum Gasteiger partial charge on any atom is 0.324 e. The van der Waals surface area contributed by atoms with Crippen molar-refractivity contribution in [3.05, 3.63) is 22.4 Å². The number of thiophene rings is 1. The molecule has 5 nitrogen and oxygen atoms in total. The first-order chi connectivity index (χ1) is 9.09. The van der Waals surface area contributed by atoms with Crippen LogP contribution in [0.4, 0.5) is 4.79 Å². The first-order valence-corrected chi connectivity index (χ1v) is 7.29. The van der Waals surface area contributed by atoms with Crippen LogP contribution in [0, 0.1) is 0 Å². The van der Waals surface area contributed by atoms with E-state index < -0.39 is 0 Å². The molecule has 0 saturated carbocycles. The molecule has 6 heteroatoms. The second-order valence-electron chi connectivity index (χ2n) is 4.73. The molecule has 2 heterocycles. The van der Waals surface area contributed by atoms with Gasteiger partial charge in [-0.2, -0.15) is 0 Å². The molecule has 0 bridgehead atoms. The molecule has 2 rings (SSSR count). The minimum atomic E-state index is -0.265. The van der Waals surface area contributed by atoms with Crippen molar-refractivity contribution >= 4 is 23.3 Å². The van der Waals surface area contributed by atoms with Crippen LogP contribution in [0.5, 0.6) is 0 Å². The van der Waals surface area contributed by atoms with Gasteiger partial charge >= 0.3 is 6.03 Å². The molecule has 1 fully saturated rings. The number of hydrogen-bond donors (Lipinski definition) is 1. The van der Waals surface area contributed by atoms with Crippen molar-refractivity contribution < 1.29 is 9.59 Å². The fourth-order valence-corrected chi connectivity index (χ4v) is 2.95. The number of nitrogens with one attached hydrogen (secondary N) is 1. The fourth-order valence-electron chi connectivity index (χ4n) is 2.10. The minimum absolute atomic E-state index is 0.126. The van der Waals surface area contributed by atoms with E-state index in [1.807, 2.05) is 0 Å². The van der Waals surface area contributed by atoms with Crippen molar-refractivity contribution in [3.63, 3.8) is 0 Å². The molecule has 0 unspecified atom stereocenters. The van der Waals surface area contributed by atoms with Gasteiger partial charge < -0.3 is 5.32 Å². The maximum atomic E-state index is 11.4. The summed E-state index contributed by atoms with van der Waals surface area (Å²) in [5, 5.41) is 4.60. The summed E-state index contributed by atoms with van der Waals surface area (Å²) in [6.45, 7) is 3.65. The fraction of sp³-hybridized carbons (Fsp3) is 0.538. The Balaban J connectivity index is 1.76. The Bertz CT molecular complexity index is 431. The number of hydrogen-bond acceptors (Lipinski definition) is 4. The monoisotopic (exact) mass is 281 g/mol. The van der Waals surface area contributed by atoms with Crippen molar-refractivity contribution in [1.29, 1.82) is 0 Å². The number of imide groups is 1. The third-order valence-electron chi connectivity index (χ3n) is 3.45. The van der Waals surface area contributed by atoms with E-state index in [2.05, 4.69) is 41.7 Å². The van der Waals surface area contributed by atoms with Crippen molar-refractivity contribution in [3.8, 4) is 0 Å². The van der Waals surface area contributed by atoms with Crippen molar-refractivity contribution in [2.75, 3.05) is 26.7 Å². The predicted octanol–water partition coefficient (Wildman–Crippen LogP) is 1.68. The van der Waals surface area contributed by atoms with Crippen LogP contribution < -0.4 is 5.32 Å². The van der Waals surface area contributed by atoms with E-state index >= 15 is 0 Å². The highest BCUT2D eigenvalue weighted by atomic mass is 32.1. The highest BCUT2D eigenvalue weighted by Crippen LogP contribution is 2.23. The van der Waals surface area contributed by atoms with Gasteiger partial charge in [0.1, 0.15) is 0 Å². The van der Waals surface area contributed by atoms with Crippen LogP contribution in [-0.2, 0) is 4.79 Å². The molecule has 1 atom stereocenters. The smallest absolute Gasteiger partial charge is 0.324 e. The SMILES string of the molecule is C[C@@H](c1cccs1)N(C)CCCN1C(=O)CNC1=O. The van der Waals surface area contributed by atoms with Crippen LogP contribution in [-0.4, -0.2) is 48.4 Å². The van der Waals surface area contributed by atoms with Crippen molar-refractivity contribution in [2.45, 2.75) is 19.4 Å². The Kier molecular flexibility index (Phi) is 4.55. The zero-order chi connectivity index (χ0) is 13.8. The average molecular weight is 281 g/mol. The molecule has 1 aromatic heterocycles. The van der Waals surface area contributed by atoms with Gasteiger partial charge in [-0.25, -0.2) is 4.79 Å². The summed E-state index contributed by atoms with van der Waals surface area (Å²) in [5.74, 6) is -0.126. The second kappa shape index (κ2) is 6.16. The molecule has 0 aromatic carbocycles. The quantitative estimate of drug-likeness (QED) is 0.807. The number of amides is 3. The second-order valence-corrected chi connectivity index (χ2v) is 5.71. The minimum Gasteiger partial charge on any atom is -0.329 e. The van der Waals surface area contributed by atoms with Gasteiger partial charge in [0.15, 0.2) is 0 Å². The first-order valence-electron chi connectivity index (χ1n) is 6.41. The Morgan fingerprint density at radius 1 is 1.53 bits per heavy atom. The largest absolute Gasteiger partial charge is 0.329 e. The van der Waals surface area contributed by atoms with E-state index in [1.54, 1.807) is 11.3 Å². The van der Waals surface area contributed by atoms with Gasteiger partial charge in [0, 0.05) is 24.0 Å². The summed E-state index contributed by atoms with van der Waals surface area (Å²) >= 11 is 1.75. The molecule has 1 saturated heterocycles. The van der Waals surface area contributed by atoms with E-state index in [0.717, 1.165) is 13.0 Å². The van der Waals surface area contributed by atoms with Gasteiger partial charge in [-0.3, -0.25) is 14.6 Å². The van der Waals surface area contributed by atoms with E-state index in [4.69, 9.17) is 0 Å². The Labute approximate surface area is 117 Å². The molecule has 1 aliphatic heterocycles. The standard InChI is InChI=1S/C13H19N3O2S/c1-10(11-5-3-8-19-11)15(2)6-4-7-16-12(17)9-14-13(16)18/h3,5,8,10H,4,6-7,9H2,1-2H3,(H,14,18)/t10-/m0/s1. The highest BCUT2D eigenvalue weighted by molar-refractivity contribution is 7.10. The summed E-state index contributed by atoms with van der Waals surface area (Å²) in [4.78, 5) is 27.6. The lowest BCUT2D eigenvalue weighted by atomic mass is 10.2. The summed E-state index contributed by atoms with van der Waals surface area (Å²) in [6.07, 6.45) is 0.797. The molecular formula is C13H19N3O2S. The lowest BCUT2D eigenvalue weighted by Gasteiger charge is -2.24. The van der Waals surface area contributed by atoms with Crippen LogP contribution in [0.2, 0.25) is 0 Å². The molecule has 0 aliphatic carbocycles. The molecule has 1 aromatic rings. The molecule has 1 N–H and O–H groups in total. The number of carbonyl (C=O) groups excluding carboxylic acids is 2. The van der Waals surface area contributed by atoms with Crippen LogP contribution >= 0.6 is 11.3 Å². The third kappa shape index (κ3) is 3.33. The van der Waals surface area contributed by atoms with Crippen LogP contribution in [0.25, 0.3) is 0 Å². The van der Waals surface area contributed by atoms with Crippen LogP contribution in [0.15, 0.2) is 17.5 Å². The number of carbonyl (C=O) groups is 2. The summed E-state index contributed by atoms with van der Waals surface area (Å²) in [5.41, 5.74) is 0. The van der Waals surface area contributed by atoms with Crippen molar-refractivity contribution in [2.24, 2.45) is 0 Å². The Morgan fingerprint density at radius 2 is 2.32 bits per heavy atom. The van der Waals surface area contributed by atoms with E-state index in [1.165, 1.54) is 9.78 Å². The molecular weight excluding hydrogens is 262 g/mol. The van der Waals surface area contributed by atoms with Gasteiger partial charge in [0.25, 0.3) is 0 Å². The molecule has 0 spiro atoms. The molecule has 1 aliphatic rings. The van der Waals surface area contributed by atoms with Crippen LogP contribution in [0.1, 0.15) is 24.3 Å². The number of urea groups is 1. The molecule has 0 radical (unpaired) electrons. The number of nitrogens with zero attached hydrogens (tertiary/aromatic N) is 2. The maximum absolute atomic E-state index is 11.4. The number of rotatable bonds is 6. The van der Waals surface area contributed by atoms with Gasteiger partial charge in [-0.1, -0.05) is 6.07 Å². The van der Waals surface area contributed by atoms with Gasteiger partial charge in [-0.05, 0) is 31.8 Å². The van der Waals surface area contributed by atoms with Gasteiger partial charge in [0.05, 0.1) is 6.54 Å². The third-order valence-corrected chi connectivity index (χ3v) is 4.49. The zero-order valence-corrected chi connectivity index (χ0v) is 12.1. The summed E-state index contributed by atoms with van der Waals surface area (Å²) in [7, 11) is 2.07. The van der Waals surface area contributed by atoms with E-state index in [0.29, 0.717) is 12.6 Å². The predicted molar refractivity (Wildman–Crippen MR) is 75.1 cm³/mol. The van der Waals surface area contributed by atoms with Crippen molar-refractivity contribution in [1.82, 2.24) is 15.1 Å². The topological polar surface area (TPSA) is 52.6 Å². The van der Waals surface area contributed by atoms with Gasteiger partial charge in [-0.15, -0.1) is 11.3 Å². The van der Waals surface area contributed by atoms with Crippen LogP contribution in [0.3, 0.4) is 0 Å². The lowest BCUT2D eigenvalue weighted by molar-refractivity contribution is -0.125. The van der Waals surface area contributed by atoms with E-state index in [9.17, 15) is 9.59 Å². The zero-order valence-electron chi connectivity index (χ0n) is 11.3. The first kappa shape index (κ1) is 14.0. The Morgan fingerprint density at radius 3 is 2.89 bits per heavy atom.